The monoisotopic (exact) mass is 320 g/mol. The molecule has 2 aromatic rings. The summed E-state index contributed by atoms with van der Waals surface area (Å²) in [5, 5.41) is 12.8. The fraction of sp³-hybridized carbons (Fsp3) is 0.375. The number of carbonyl (C=O) groups excluding carboxylic acids is 1. The predicted molar refractivity (Wildman–Crippen MR) is 86.1 cm³/mol. The number of halogens is 1. The first-order valence-electron chi connectivity index (χ1n) is 7.30. The van der Waals surface area contributed by atoms with Gasteiger partial charge in [-0.3, -0.25) is 9.89 Å². The van der Waals surface area contributed by atoms with E-state index >= 15 is 0 Å². The van der Waals surface area contributed by atoms with Crippen molar-refractivity contribution in [3.63, 3.8) is 0 Å². The highest BCUT2D eigenvalue weighted by atomic mass is 19.1. The van der Waals surface area contributed by atoms with Gasteiger partial charge in [-0.05, 0) is 38.5 Å². The van der Waals surface area contributed by atoms with Crippen LogP contribution in [0.3, 0.4) is 0 Å². The molecule has 1 unspecified atom stereocenters. The van der Waals surface area contributed by atoms with Gasteiger partial charge in [-0.1, -0.05) is 6.07 Å². The van der Waals surface area contributed by atoms with Crippen LogP contribution in [0.15, 0.2) is 18.2 Å². The summed E-state index contributed by atoms with van der Waals surface area (Å²) in [6.45, 7) is 5.69. The Hall–Kier alpha value is -2.41. The van der Waals surface area contributed by atoms with Gasteiger partial charge in [0.1, 0.15) is 0 Å². The quantitative estimate of drug-likeness (QED) is 0.764. The smallest absolute Gasteiger partial charge is 0.238 e. The van der Waals surface area contributed by atoms with Crippen molar-refractivity contribution >= 4 is 11.6 Å². The van der Waals surface area contributed by atoms with Gasteiger partial charge in [0.05, 0.1) is 30.7 Å². The SMILES string of the molecule is COc1cc(C(C)NCC(=O)Nc2c(C)n[nH]c2C)ccc1F. The van der Waals surface area contributed by atoms with Gasteiger partial charge in [0, 0.05) is 6.04 Å². The van der Waals surface area contributed by atoms with E-state index in [1.165, 1.54) is 13.2 Å². The Kier molecular flexibility index (Phi) is 5.33. The van der Waals surface area contributed by atoms with Crippen LogP contribution in [0.1, 0.15) is 29.9 Å². The first-order chi connectivity index (χ1) is 10.9. The van der Waals surface area contributed by atoms with Gasteiger partial charge in [0.2, 0.25) is 5.91 Å². The number of anilines is 1. The molecule has 0 aliphatic rings. The Bertz CT molecular complexity index is 680. The average Bonchev–Trinajstić information content (AvgIpc) is 2.85. The zero-order valence-corrected chi connectivity index (χ0v) is 13.7. The topological polar surface area (TPSA) is 79.0 Å². The van der Waals surface area contributed by atoms with Gasteiger partial charge in [-0.25, -0.2) is 4.39 Å². The van der Waals surface area contributed by atoms with Crippen molar-refractivity contribution in [3.8, 4) is 5.75 Å². The molecule has 0 saturated heterocycles. The third kappa shape index (κ3) is 4.07. The molecule has 1 aromatic carbocycles. The van der Waals surface area contributed by atoms with Crippen LogP contribution in [0, 0.1) is 19.7 Å². The number of H-pyrrole nitrogens is 1. The molecule has 1 aromatic heterocycles. The van der Waals surface area contributed by atoms with E-state index in [2.05, 4.69) is 20.8 Å². The molecule has 0 radical (unpaired) electrons. The van der Waals surface area contributed by atoms with Crippen LogP contribution in [0.4, 0.5) is 10.1 Å². The minimum atomic E-state index is -0.410. The van der Waals surface area contributed by atoms with Gasteiger partial charge in [-0.15, -0.1) is 0 Å². The van der Waals surface area contributed by atoms with Crippen molar-refractivity contribution in [3.05, 3.63) is 41.0 Å². The lowest BCUT2D eigenvalue weighted by Gasteiger charge is -2.15. The van der Waals surface area contributed by atoms with Gasteiger partial charge in [0.15, 0.2) is 11.6 Å². The maximum absolute atomic E-state index is 13.4. The summed E-state index contributed by atoms with van der Waals surface area (Å²) in [7, 11) is 1.42. The first-order valence-corrected chi connectivity index (χ1v) is 7.30. The van der Waals surface area contributed by atoms with Crippen molar-refractivity contribution in [1.29, 1.82) is 0 Å². The summed E-state index contributed by atoms with van der Waals surface area (Å²) in [6, 6.07) is 4.51. The van der Waals surface area contributed by atoms with Crippen LogP contribution in [0.2, 0.25) is 0 Å². The summed E-state index contributed by atoms with van der Waals surface area (Å²) >= 11 is 0. The molecule has 0 aliphatic heterocycles. The number of methoxy groups -OCH3 is 1. The summed E-state index contributed by atoms with van der Waals surface area (Å²) in [5.41, 5.74) is 3.10. The van der Waals surface area contributed by atoms with Gasteiger partial charge < -0.3 is 15.4 Å². The van der Waals surface area contributed by atoms with Crippen LogP contribution in [0.5, 0.6) is 5.75 Å². The normalized spacial score (nSPS) is 12.0. The minimum absolute atomic E-state index is 0.123. The number of nitrogens with one attached hydrogen (secondary N) is 3. The Labute approximate surface area is 134 Å². The molecule has 124 valence electrons. The van der Waals surface area contributed by atoms with Crippen molar-refractivity contribution in [2.24, 2.45) is 0 Å². The molecule has 3 N–H and O–H groups in total. The van der Waals surface area contributed by atoms with Crippen LogP contribution in [0.25, 0.3) is 0 Å². The second-order valence-corrected chi connectivity index (χ2v) is 5.35. The molecule has 6 nitrogen and oxygen atoms in total. The van der Waals surface area contributed by atoms with Crippen LogP contribution in [-0.4, -0.2) is 29.8 Å². The molecule has 1 atom stereocenters. The maximum Gasteiger partial charge on any atom is 0.238 e. The number of amides is 1. The fourth-order valence-corrected chi connectivity index (χ4v) is 2.23. The van der Waals surface area contributed by atoms with E-state index in [9.17, 15) is 9.18 Å². The van der Waals surface area contributed by atoms with Crippen molar-refractivity contribution in [2.45, 2.75) is 26.8 Å². The van der Waals surface area contributed by atoms with Crippen molar-refractivity contribution in [2.75, 3.05) is 19.0 Å². The Morgan fingerprint density at radius 2 is 2.17 bits per heavy atom. The van der Waals surface area contributed by atoms with Crippen LogP contribution < -0.4 is 15.4 Å². The summed E-state index contributed by atoms with van der Waals surface area (Å²) < 4.78 is 18.4. The Morgan fingerprint density at radius 3 is 2.78 bits per heavy atom. The standard InChI is InChI=1S/C16H21FN4O2/c1-9(12-5-6-13(17)14(7-12)23-4)18-8-15(22)19-16-10(2)20-21-11(16)3/h5-7,9,18H,8H2,1-4H3,(H,19,22)(H,20,21). The third-order valence-electron chi connectivity index (χ3n) is 3.64. The molecular formula is C16H21FN4O2. The van der Waals surface area contributed by atoms with Gasteiger partial charge in [0.25, 0.3) is 0 Å². The summed E-state index contributed by atoms with van der Waals surface area (Å²) in [6.07, 6.45) is 0. The number of benzene rings is 1. The average molecular weight is 320 g/mol. The summed E-state index contributed by atoms with van der Waals surface area (Å²) in [4.78, 5) is 12.0. The number of aromatic amines is 1. The lowest BCUT2D eigenvalue weighted by molar-refractivity contribution is -0.115. The number of nitrogens with zero attached hydrogens (tertiary/aromatic N) is 1. The largest absolute Gasteiger partial charge is 0.494 e. The van der Waals surface area contributed by atoms with Crippen molar-refractivity contribution in [1.82, 2.24) is 15.5 Å². The second-order valence-electron chi connectivity index (χ2n) is 5.35. The van der Waals surface area contributed by atoms with E-state index in [1.54, 1.807) is 12.1 Å². The van der Waals surface area contributed by atoms with Crippen LogP contribution >= 0.6 is 0 Å². The van der Waals surface area contributed by atoms with E-state index in [1.807, 2.05) is 20.8 Å². The van der Waals surface area contributed by atoms with Gasteiger partial charge in [-0.2, -0.15) is 5.10 Å². The third-order valence-corrected chi connectivity index (χ3v) is 3.64. The van der Waals surface area contributed by atoms with E-state index in [0.29, 0.717) is 5.69 Å². The number of hydrogen-bond acceptors (Lipinski definition) is 4. The minimum Gasteiger partial charge on any atom is -0.494 e. The molecule has 0 saturated carbocycles. The number of rotatable bonds is 6. The molecule has 0 spiro atoms. The lowest BCUT2D eigenvalue weighted by atomic mass is 10.1. The highest BCUT2D eigenvalue weighted by Crippen LogP contribution is 2.22. The highest BCUT2D eigenvalue weighted by Gasteiger charge is 2.13. The van der Waals surface area contributed by atoms with E-state index in [4.69, 9.17) is 4.74 Å². The maximum atomic E-state index is 13.4. The molecule has 7 heteroatoms. The molecule has 0 fully saturated rings. The Morgan fingerprint density at radius 1 is 1.43 bits per heavy atom. The zero-order valence-electron chi connectivity index (χ0n) is 13.7. The lowest BCUT2D eigenvalue weighted by Crippen LogP contribution is -2.30. The predicted octanol–water partition coefficient (Wildman–Crippen LogP) is 2.46. The second kappa shape index (κ2) is 7.23. The van der Waals surface area contributed by atoms with E-state index in [0.717, 1.165) is 17.0 Å². The molecular weight excluding hydrogens is 299 g/mol. The fourth-order valence-electron chi connectivity index (χ4n) is 2.23. The van der Waals surface area contributed by atoms with Crippen molar-refractivity contribution < 1.29 is 13.9 Å². The number of hydrogen-bond donors (Lipinski definition) is 3. The molecule has 0 bridgehead atoms. The molecule has 23 heavy (non-hydrogen) atoms. The molecule has 2 rings (SSSR count). The van der Waals surface area contributed by atoms with E-state index < -0.39 is 5.82 Å². The summed E-state index contributed by atoms with van der Waals surface area (Å²) in [5.74, 6) is -0.393. The van der Waals surface area contributed by atoms with Gasteiger partial charge >= 0.3 is 0 Å². The zero-order chi connectivity index (χ0) is 17.0. The number of aryl methyl sites for hydroxylation is 2. The molecule has 1 heterocycles. The molecule has 1 amide bonds. The first kappa shape index (κ1) is 17.0. The number of carbonyl (C=O) groups is 1. The number of aromatic nitrogens is 2. The Balaban J connectivity index is 1.93. The van der Waals surface area contributed by atoms with Crippen LogP contribution in [-0.2, 0) is 4.79 Å². The number of ether oxygens (including phenoxy) is 1. The highest BCUT2D eigenvalue weighted by molar-refractivity contribution is 5.93. The van der Waals surface area contributed by atoms with E-state index in [-0.39, 0.29) is 24.2 Å². The molecule has 0 aliphatic carbocycles.